The van der Waals surface area contributed by atoms with Crippen LogP contribution in [0.5, 0.6) is 0 Å². The topological polar surface area (TPSA) is 63.6 Å². The van der Waals surface area contributed by atoms with Crippen molar-refractivity contribution in [2.45, 2.75) is 30.8 Å². The summed E-state index contributed by atoms with van der Waals surface area (Å²) in [5.74, 6) is -1.45. The first-order valence-corrected chi connectivity index (χ1v) is 6.97. The summed E-state index contributed by atoms with van der Waals surface area (Å²) in [4.78, 5) is 24.4. The number of hydrogen-bond donors (Lipinski definition) is 1. The highest BCUT2D eigenvalue weighted by molar-refractivity contribution is 5.95. The molecular weight excluding hydrogens is 256 g/mol. The van der Waals surface area contributed by atoms with Gasteiger partial charge in [-0.2, -0.15) is 0 Å². The van der Waals surface area contributed by atoms with Gasteiger partial charge in [-0.15, -0.1) is 0 Å². The van der Waals surface area contributed by atoms with Crippen LogP contribution in [0.4, 0.5) is 0 Å². The van der Waals surface area contributed by atoms with Gasteiger partial charge in [-0.1, -0.05) is 30.3 Å². The van der Waals surface area contributed by atoms with Crippen molar-refractivity contribution in [2.75, 3.05) is 7.11 Å². The molecule has 0 aliphatic heterocycles. The zero-order valence-electron chi connectivity index (χ0n) is 11.4. The Morgan fingerprint density at radius 1 is 1.25 bits per heavy atom. The van der Waals surface area contributed by atoms with Crippen LogP contribution in [0.15, 0.2) is 30.3 Å². The minimum atomic E-state index is -1.67. The van der Waals surface area contributed by atoms with Crippen LogP contribution >= 0.6 is 0 Å². The SMILES string of the molecule is COC(=O)[C@]1(O)C[C@@H](c2ccccc2)[C@@H]2CC[C@H]1C2=O. The van der Waals surface area contributed by atoms with Crippen molar-refractivity contribution in [3.63, 3.8) is 0 Å². The minimum Gasteiger partial charge on any atom is -0.467 e. The van der Waals surface area contributed by atoms with Crippen molar-refractivity contribution >= 4 is 11.8 Å². The molecule has 1 aromatic rings. The fraction of sp³-hybridized carbons (Fsp3) is 0.500. The van der Waals surface area contributed by atoms with Gasteiger partial charge in [0.05, 0.1) is 13.0 Å². The van der Waals surface area contributed by atoms with E-state index in [2.05, 4.69) is 0 Å². The lowest BCUT2D eigenvalue weighted by Gasteiger charge is -2.39. The molecule has 3 rings (SSSR count). The standard InChI is InChI=1S/C16H18O4/c1-20-15(18)16(19)9-12(10-5-3-2-4-6-10)11-7-8-13(16)14(11)17/h2-6,11-13,19H,7-9H2,1H3/t11-,12-,13-,16-/m0/s1. The molecule has 20 heavy (non-hydrogen) atoms. The summed E-state index contributed by atoms with van der Waals surface area (Å²) in [6, 6.07) is 9.65. The van der Waals surface area contributed by atoms with Crippen LogP contribution in [0.2, 0.25) is 0 Å². The molecule has 2 fully saturated rings. The van der Waals surface area contributed by atoms with E-state index in [1.54, 1.807) is 0 Å². The molecule has 1 N–H and O–H groups in total. The molecule has 0 spiro atoms. The number of rotatable bonds is 2. The summed E-state index contributed by atoms with van der Waals surface area (Å²) in [6.07, 6.45) is 1.57. The molecule has 2 aliphatic carbocycles. The number of aliphatic hydroxyl groups is 1. The van der Waals surface area contributed by atoms with Crippen LogP contribution in [-0.2, 0) is 14.3 Å². The zero-order chi connectivity index (χ0) is 14.3. The second kappa shape index (κ2) is 4.70. The summed E-state index contributed by atoms with van der Waals surface area (Å²) >= 11 is 0. The third-order valence-electron chi connectivity index (χ3n) is 4.84. The van der Waals surface area contributed by atoms with E-state index < -0.39 is 17.5 Å². The molecule has 4 nitrogen and oxygen atoms in total. The van der Waals surface area contributed by atoms with E-state index in [0.29, 0.717) is 6.42 Å². The molecule has 0 saturated heterocycles. The predicted molar refractivity (Wildman–Crippen MR) is 72.0 cm³/mol. The number of ether oxygens (including phenoxy) is 1. The van der Waals surface area contributed by atoms with E-state index in [0.717, 1.165) is 12.0 Å². The van der Waals surface area contributed by atoms with E-state index >= 15 is 0 Å². The van der Waals surface area contributed by atoms with E-state index in [9.17, 15) is 14.7 Å². The second-order valence-electron chi connectivity index (χ2n) is 5.78. The van der Waals surface area contributed by atoms with Crippen LogP contribution in [0.1, 0.15) is 30.7 Å². The van der Waals surface area contributed by atoms with E-state index in [4.69, 9.17) is 4.74 Å². The molecule has 0 heterocycles. The minimum absolute atomic E-state index is 0.0120. The maximum atomic E-state index is 12.4. The number of esters is 1. The Bertz CT molecular complexity index is 539. The lowest BCUT2D eigenvalue weighted by atomic mass is 9.67. The first kappa shape index (κ1) is 13.3. The Morgan fingerprint density at radius 3 is 2.60 bits per heavy atom. The first-order chi connectivity index (χ1) is 9.58. The summed E-state index contributed by atoms with van der Waals surface area (Å²) in [5, 5.41) is 10.7. The average Bonchev–Trinajstić information content (AvgIpc) is 2.77. The lowest BCUT2D eigenvalue weighted by molar-refractivity contribution is -0.176. The molecule has 0 unspecified atom stereocenters. The summed E-state index contributed by atoms with van der Waals surface area (Å²) in [6.45, 7) is 0. The van der Waals surface area contributed by atoms with Crippen molar-refractivity contribution in [1.82, 2.24) is 0 Å². The van der Waals surface area contributed by atoms with Crippen LogP contribution in [0.3, 0.4) is 0 Å². The number of benzene rings is 1. The van der Waals surface area contributed by atoms with Gasteiger partial charge in [0.1, 0.15) is 5.78 Å². The Hall–Kier alpha value is -1.68. The highest BCUT2D eigenvalue weighted by Gasteiger charge is 2.60. The third kappa shape index (κ3) is 1.79. The lowest BCUT2D eigenvalue weighted by Crippen LogP contribution is -2.53. The molecule has 0 aromatic heterocycles. The van der Waals surface area contributed by atoms with Crippen molar-refractivity contribution in [1.29, 1.82) is 0 Å². The number of ketones is 1. The summed E-state index contributed by atoms with van der Waals surface area (Å²) < 4.78 is 4.73. The zero-order valence-corrected chi connectivity index (χ0v) is 11.4. The van der Waals surface area contributed by atoms with Crippen molar-refractivity contribution < 1.29 is 19.4 Å². The van der Waals surface area contributed by atoms with E-state index in [-0.39, 0.29) is 24.0 Å². The number of Topliss-reactive ketones (excluding diaryl/α,β-unsaturated/α-hetero) is 1. The molecule has 4 heteroatoms. The Labute approximate surface area is 117 Å². The molecule has 0 radical (unpaired) electrons. The number of carbonyl (C=O) groups excluding carboxylic acids is 2. The molecule has 1 aromatic carbocycles. The fourth-order valence-electron chi connectivity index (χ4n) is 3.84. The quantitative estimate of drug-likeness (QED) is 0.833. The molecule has 2 aliphatic rings. The van der Waals surface area contributed by atoms with Gasteiger partial charge in [-0.05, 0) is 30.7 Å². The fourth-order valence-corrected chi connectivity index (χ4v) is 3.84. The number of hydrogen-bond acceptors (Lipinski definition) is 4. The Morgan fingerprint density at radius 2 is 1.95 bits per heavy atom. The number of carbonyl (C=O) groups is 2. The average molecular weight is 274 g/mol. The van der Waals surface area contributed by atoms with Crippen molar-refractivity contribution in [3.8, 4) is 0 Å². The normalized spacial score (nSPS) is 35.9. The van der Waals surface area contributed by atoms with E-state index in [1.165, 1.54) is 7.11 Å². The van der Waals surface area contributed by atoms with Gasteiger partial charge in [0, 0.05) is 5.92 Å². The molecule has 4 atom stereocenters. The first-order valence-electron chi connectivity index (χ1n) is 6.97. The van der Waals surface area contributed by atoms with Gasteiger partial charge < -0.3 is 9.84 Å². The number of methoxy groups -OCH3 is 1. The summed E-state index contributed by atoms with van der Waals surface area (Å²) in [5.41, 5.74) is -0.659. The van der Waals surface area contributed by atoms with Gasteiger partial charge in [0.15, 0.2) is 5.60 Å². The monoisotopic (exact) mass is 274 g/mol. The van der Waals surface area contributed by atoms with Gasteiger partial charge >= 0.3 is 5.97 Å². The molecular formula is C16H18O4. The van der Waals surface area contributed by atoms with E-state index in [1.807, 2.05) is 30.3 Å². The van der Waals surface area contributed by atoms with Crippen molar-refractivity contribution in [3.05, 3.63) is 35.9 Å². The highest BCUT2D eigenvalue weighted by atomic mass is 16.5. The van der Waals surface area contributed by atoms with Gasteiger partial charge in [0.2, 0.25) is 0 Å². The van der Waals surface area contributed by atoms with Crippen LogP contribution in [0, 0.1) is 11.8 Å². The van der Waals surface area contributed by atoms with Gasteiger partial charge in [0.25, 0.3) is 0 Å². The molecule has 2 saturated carbocycles. The maximum Gasteiger partial charge on any atom is 0.338 e. The van der Waals surface area contributed by atoms with Crippen LogP contribution < -0.4 is 0 Å². The number of fused-ring (bicyclic) bond motifs is 2. The summed E-state index contributed by atoms with van der Waals surface area (Å²) in [7, 11) is 1.25. The second-order valence-corrected chi connectivity index (χ2v) is 5.78. The highest BCUT2D eigenvalue weighted by Crippen LogP contribution is 2.52. The Balaban J connectivity index is 2.01. The predicted octanol–water partition coefficient (Wildman–Crippen LogP) is 1.67. The van der Waals surface area contributed by atoms with Crippen molar-refractivity contribution in [2.24, 2.45) is 11.8 Å². The molecule has 0 amide bonds. The van der Waals surface area contributed by atoms with Crippen LogP contribution in [0.25, 0.3) is 0 Å². The smallest absolute Gasteiger partial charge is 0.338 e. The third-order valence-corrected chi connectivity index (χ3v) is 4.84. The van der Waals surface area contributed by atoms with Gasteiger partial charge in [-0.25, -0.2) is 4.79 Å². The largest absolute Gasteiger partial charge is 0.467 e. The molecule has 2 bridgehead atoms. The maximum absolute atomic E-state index is 12.4. The molecule has 106 valence electrons. The van der Waals surface area contributed by atoms with Crippen LogP contribution in [-0.4, -0.2) is 29.6 Å². The Kier molecular flexibility index (Phi) is 3.13. The van der Waals surface area contributed by atoms with Gasteiger partial charge in [-0.3, -0.25) is 4.79 Å².